The number of amides is 1. The predicted molar refractivity (Wildman–Crippen MR) is 125 cm³/mol. The number of halogens is 1. The molecule has 0 saturated carbocycles. The van der Waals surface area contributed by atoms with Gasteiger partial charge < -0.3 is 15.1 Å². The van der Waals surface area contributed by atoms with Crippen molar-refractivity contribution in [3.63, 3.8) is 0 Å². The van der Waals surface area contributed by atoms with Gasteiger partial charge in [-0.15, -0.1) is 0 Å². The molecule has 0 atom stereocenters. The van der Waals surface area contributed by atoms with Crippen molar-refractivity contribution in [3.05, 3.63) is 52.5 Å². The van der Waals surface area contributed by atoms with Crippen LogP contribution < -0.4 is 10.2 Å². The number of likely N-dealkylation sites (N-methyl/N-ethyl adjacent to an activating group) is 1. The SMILES string of the molecule is CN1CCN(c2ccc(Cl)cc2NC(=O)CCS(=O)(=O)c2ccc3c(c2)CCC3)CC1. The maximum absolute atomic E-state index is 12.8. The van der Waals surface area contributed by atoms with Crippen LogP contribution in [0.3, 0.4) is 0 Å². The van der Waals surface area contributed by atoms with Crippen LogP contribution in [0.25, 0.3) is 0 Å². The molecular weight excluding hydrogens is 434 g/mol. The van der Waals surface area contributed by atoms with Gasteiger partial charge in [0.2, 0.25) is 5.91 Å². The van der Waals surface area contributed by atoms with E-state index in [1.54, 1.807) is 18.2 Å². The first-order valence-corrected chi connectivity index (χ1v) is 12.7. The van der Waals surface area contributed by atoms with Gasteiger partial charge in [0.25, 0.3) is 0 Å². The first-order chi connectivity index (χ1) is 14.8. The van der Waals surface area contributed by atoms with Crippen LogP contribution in [-0.2, 0) is 27.5 Å². The summed E-state index contributed by atoms with van der Waals surface area (Å²) in [5.41, 5.74) is 3.87. The number of carbonyl (C=O) groups is 1. The molecule has 1 saturated heterocycles. The van der Waals surface area contributed by atoms with E-state index in [0.717, 1.165) is 56.7 Å². The van der Waals surface area contributed by atoms with Gasteiger partial charge in [-0.05, 0) is 67.8 Å². The highest BCUT2D eigenvalue weighted by molar-refractivity contribution is 7.91. The normalized spacial score (nSPS) is 16.9. The number of hydrogen-bond acceptors (Lipinski definition) is 5. The van der Waals surface area contributed by atoms with Crippen LogP contribution in [-0.4, -0.2) is 58.2 Å². The fraction of sp³-hybridized carbons (Fsp3) is 0.435. The van der Waals surface area contributed by atoms with E-state index in [0.29, 0.717) is 15.6 Å². The van der Waals surface area contributed by atoms with Crippen LogP contribution in [0.2, 0.25) is 5.02 Å². The van der Waals surface area contributed by atoms with Crippen molar-refractivity contribution >= 4 is 38.7 Å². The Kier molecular flexibility index (Phi) is 6.55. The van der Waals surface area contributed by atoms with Gasteiger partial charge >= 0.3 is 0 Å². The first-order valence-electron chi connectivity index (χ1n) is 10.7. The van der Waals surface area contributed by atoms with Crippen LogP contribution in [0.4, 0.5) is 11.4 Å². The summed E-state index contributed by atoms with van der Waals surface area (Å²) >= 11 is 6.16. The van der Waals surface area contributed by atoms with Crippen molar-refractivity contribution in [2.75, 3.05) is 49.2 Å². The Balaban J connectivity index is 1.42. The average molecular weight is 462 g/mol. The molecule has 6 nitrogen and oxygen atoms in total. The number of sulfone groups is 1. The van der Waals surface area contributed by atoms with E-state index in [2.05, 4.69) is 22.2 Å². The van der Waals surface area contributed by atoms with Crippen molar-refractivity contribution in [1.82, 2.24) is 4.90 Å². The Morgan fingerprint density at radius 1 is 1.03 bits per heavy atom. The van der Waals surface area contributed by atoms with Crippen LogP contribution >= 0.6 is 11.6 Å². The van der Waals surface area contributed by atoms with Gasteiger partial charge in [-0.3, -0.25) is 4.79 Å². The topological polar surface area (TPSA) is 69.7 Å². The Morgan fingerprint density at radius 3 is 2.55 bits per heavy atom. The van der Waals surface area contributed by atoms with E-state index in [4.69, 9.17) is 11.6 Å². The maximum atomic E-state index is 12.8. The molecule has 1 aliphatic heterocycles. The molecule has 2 aromatic carbocycles. The first kappa shape index (κ1) is 22.1. The summed E-state index contributed by atoms with van der Waals surface area (Å²) in [7, 11) is -1.43. The third-order valence-corrected chi connectivity index (χ3v) is 8.05. The minimum atomic E-state index is -3.52. The molecule has 2 aromatic rings. The van der Waals surface area contributed by atoms with Crippen molar-refractivity contribution in [1.29, 1.82) is 0 Å². The molecule has 1 fully saturated rings. The molecule has 0 radical (unpaired) electrons. The minimum Gasteiger partial charge on any atom is -0.367 e. The van der Waals surface area contributed by atoms with Gasteiger partial charge in [-0.1, -0.05) is 17.7 Å². The summed E-state index contributed by atoms with van der Waals surface area (Å²) in [6.07, 6.45) is 2.89. The van der Waals surface area contributed by atoms with Gasteiger partial charge in [0.15, 0.2) is 9.84 Å². The Bertz CT molecular complexity index is 1080. The second-order valence-corrected chi connectivity index (χ2v) is 10.9. The molecule has 0 unspecified atom stereocenters. The zero-order chi connectivity index (χ0) is 22.0. The smallest absolute Gasteiger partial charge is 0.225 e. The predicted octanol–water partition coefficient (Wildman–Crippen LogP) is 3.38. The number of aryl methyl sites for hydroxylation is 2. The number of rotatable bonds is 6. The minimum absolute atomic E-state index is 0.103. The van der Waals surface area contributed by atoms with E-state index in [1.165, 1.54) is 5.56 Å². The standard InChI is InChI=1S/C23H28ClN3O3S/c1-26-10-12-27(13-11-26)22-8-6-19(24)16-21(22)25-23(28)9-14-31(29,30)20-7-5-17-3-2-4-18(17)15-20/h5-8,15-16H,2-4,9-14H2,1H3,(H,25,28). The molecule has 1 N–H and O–H groups in total. The number of carbonyl (C=O) groups excluding carboxylic acids is 1. The largest absolute Gasteiger partial charge is 0.367 e. The highest BCUT2D eigenvalue weighted by Gasteiger charge is 2.22. The molecule has 0 bridgehead atoms. The van der Waals surface area contributed by atoms with Crippen molar-refractivity contribution in [2.45, 2.75) is 30.6 Å². The summed E-state index contributed by atoms with van der Waals surface area (Å²) < 4.78 is 25.5. The lowest BCUT2D eigenvalue weighted by atomic mass is 10.1. The number of hydrogen-bond donors (Lipinski definition) is 1. The van der Waals surface area contributed by atoms with Crippen molar-refractivity contribution in [3.8, 4) is 0 Å². The van der Waals surface area contributed by atoms with E-state index in [9.17, 15) is 13.2 Å². The van der Waals surface area contributed by atoms with Crippen LogP contribution in [0.1, 0.15) is 24.0 Å². The number of nitrogens with zero attached hydrogens (tertiary/aromatic N) is 2. The molecule has 0 spiro atoms. The molecular formula is C23H28ClN3O3S. The van der Waals surface area contributed by atoms with E-state index in [-0.39, 0.29) is 18.1 Å². The van der Waals surface area contributed by atoms with Crippen molar-refractivity contribution < 1.29 is 13.2 Å². The van der Waals surface area contributed by atoms with E-state index >= 15 is 0 Å². The lowest BCUT2D eigenvalue weighted by Crippen LogP contribution is -2.44. The van der Waals surface area contributed by atoms with Gasteiger partial charge in [-0.2, -0.15) is 0 Å². The third-order valence-electron chi connectivity index (χ3n) is 6.10. The van der Waals surface area contributed by atoms with E-state index < -0.39 is 9.84 Å². The molecule has 1 aliphatic carbocycles. The quantitative estimate of drug-likeness (QED) is 0.714. The third kappa shape index (κ3) is 5.22. The Labute approximate surface area is 189 Å². The zero-order valence-corrected chi connectivity index (χ0v) is 19.3. The van der Waals surface area contributed by atoms with Crippen LogP contribution in [0, 0.1) is 0 Å². The average Bonchev–Trinajstić information content (AvgIpc) is 3.21. The molecule has 166 valence electrons. The number of benzene rings is 2. The highest BCUT2D eigenvalue weighted by atomic mass is 35.5. The van der Waals surface area contributed by atoms with Gasteiger partial charge in [0.05, 0.1) is 22.0 Å². The van der Waals surface area contributed by atoms with Gasteiger partial charge in [0.1, 0.15) is 0 Å². The second-order valence-electron chi connectivity index (χ2n) is 8.35. The summed E-state index contributed by atoms with van der Waals surface area (Å²) in [6.45, 7) is 3.59. The summed E-state index contributed by atoms with van der Waals surface area (Å²) in [5.74, 6) is -0.551. The van der Waals surface area contributed by atoms with Crippen molar-refractivity contribution in [2.24, 2.45) is 0 Å². The molecule has 1 heterocycles. The molecule has 0 aromatic heterocycles. The Hall–Kier alpha value is -2.09. The Morgan fingerprint density at radius 2 is 1.77 bits per heavy atom. The number of anilines is 2. The lowest BCUT2D eigenvalue weighted by Gasteiger charge is -2.35. The monoisotopic (exact) mass is 461 g/mol. The van der Waals surface area contributed by atoms with E-state index in [1.807, 2.05) is 18.2 Å². The fourth-order valence-electron chi connectivity index (χ4n) is 4.23. The molecule has 8 heteroatoms. The number of piperazine rings is 1. The number of fused-ring (bicyclic) bond motifs is 1. The maximum Gasteiger partial charge on any atom is 0.225 e. The van der Waals surface area contributed by atoms with Gasteiger partial charge in [0, 0.05) is 37.6 Å². The number of nitrogens with one attached hydrogen (secondary N) is 1. The lowest BCUT2D eigenvalue weighted by molar-refractivity contribution is -0.115. The summed E-state index contributed by atoms with van der Waals surface area (Å²) in [6, 6.07) is 10.8. The molecule has 1 amide bonds. The molecule has 4 rings (SSSR count). The molecule has 2 aliphatic rings. The molecule has 31 heavy (non-hydrogen) atoms. The second kappa shape index (κ2) is 9.18. The zero-order valence-electron chi connectivity index (χ0n) is 17.7. The fourth-order valence-corrected chi connectivity index (χ4v) is 5.69. The van der Waals surface area contributed by atoms with Gasteiger partial charge in [-0.25, -0.2) is 8.42 Å². The van der Waals surface area contributed by atoms with Crippen LogP contribution in [0.5, 0.6) is 0 Å². The summed E-state index contributed by atoms with van der Waals surface area (Å²) in [4.78, 5) is 17.4. The van der Waals surface area contributed by atoms with Crippen LogP contribution in [0.15, 0.2) is 41.3 Å². The summed E-state index contributed by atoms with van der Waals surface area (Å²) in [5, 5.41) is 3.41. The highest BCUT2D eigenvalue weighted by Crippen LogP contribution is 2.30.